The third kappa shape index (κ3) is 3.74. The minimum Gasteiger partial charge on any atom is -0.295 e. The minimum absolute atomic E-state index is 0.0211. The zero-order chi connectivity index (χ0) is 19.6. The molecule has 2 aromatic rings. The van der Waals surface area contributed by atoms with Gasteiger partial charge in [0, 0.05) is 32.0 Å². The van der Waals surface area contributed by atoms with Gasteiger partial charge in [0.05, 0.1) is 5.69 Å². The van der Waals surface area contributed by atoms with E-state index >= 15 is 0 Å². The molecule has 6 heteroatoms. The van der Waals surface area contributed by atoms with Crippen molar-refractivity contribution < 1.29 is 14.4 Å². The van der Waals surface area contributed by atoms with Gasteiger partial charge in [-0.1, -0.05) is 30.3 Å². The van der Waals surface area contributed by atoms with Crippen molar-refractivity contribution in [3.05, 3.63) is 65.5 Å². The summed E-state index contributed by atoms with van der Waals surface area (Å²) in [4.78, 5) is 45.0. The summed E-state index contributed by atoms with van der Waals surface area (Å²) < 4.78 is 0. The highest BCUT2D eigenvalue weighted by Gasteiger charge is 2.24. The molecule has 1 heterocycles. The summed E-state index contributed by atoms with van der Waals surface area (Å²) >= 11 is 0. The monoisotopic (exact) mass is 361 g/mol. The molecule has 0 saturated carbocycles. The predicted molar refractivity (Wildman–Crippen MR) is 103 cm³/mol. The number of imide groups is 1. The lowest BCUT2D eigenvalue weighted by Gasteiger charge is -2.15. The van der Waals surface area contributed by atoms with Crippen LogP contribution in [0.15, 0.2) is 54.2 Å². The quantitative estimate of drug-likeness (QED) is 0.835. The first kappa shape index (κ1) is 18.4. The van der Waals surface area contributed by atoms with Crippen LogP contribution in [0.5, 0.6) is 0 Å². The standard InChI is InChI=1S/C21H19N3O3/c1-13(25)18-11-17(12-19(18)16-7-5-4-6-8-16)20-9-10-22-21(23-20)24(14(2)26)15(3)27/h4-11H,12H2,1-3H3. The SMILES string of the molecule is CC(=O)C1=C(c2ccccc2)CC(c2ccnc(N(C(C)=O)C(C)=O)n2)=C1. The fourth-order valence-corrected chi connectivity index (χ4v) is 3.11. The van der Waals surface area contributed by atoms with Crippen molar-refractivity contribution in [3.8, 4) is 0 Å². The molecule has 0 saturated heterocycles. The maximum atomic E-state index is 12.1. The first-order valence-electron chi connectivity index (χ1n) is 8.53. The maximum absolute atomic E-state index is 12.1. The lowest BCUT2D eigenvalue weighted by molar-refractivity contribution is -0.124. The van der Waals surface area contributed by atoms with Gasteiger partial charge in [-0.05, 0) is 35.8 Å². The molecule has 1 aliphatic rings. The molecule has 1 aliphatic carbocycles. The Labute approximate surface area is 157 Å². The van der Waals surface area contributed by atoms with E-state index in [1.165, 1.54) is 27.0 Å². The summed E-state index contributed by atoms with van der Waals surface area (Å²) in [5.41, 5.74) is 3.99. The first-order valence-corrected chi connectivity index (χ1v) is 8.53. The number of nitrogens with zero attached hydrogens (tertiary/aromatic N) is 3. The van der Waals surface area contributed by atoms with Crippen LogP contribution in [0.1, 0.15) is 38.4 Å². The highest BCUT2D eigenvalue weighted by atomic mass is 16.2. The smallest absolute Gasteiger partial charge is 0.239 e. The number of rotatable bonds is 4. The van der Waals surface area contributed by atoms with Gasteiger partial charge >= 0.3 is 0 Å². The van der Waals surface area contributed by atoms with Crippen molar-refractivity contribution in [3.63, 3.8) is 0 Å². The molecule has 0 bridgehead atoms. The van der Waals surface area contributed by atoms with Crippen molar-refractivity contribution in [2.45, 2.75) is 27.2 Å². The van der Waals surface area contributed by atoms with E-state index in [9.17, 15) is 14.4 Å². The summed E-state index contributed by atoms with van der Waals surface area (Å²) in [6, 6.07) is 11.4. The Hall–Kier alpha value is -3.41. The predicted octanol–water partition coefficient (Wildman–Crippen LogP) is 3.21. The number of carbonyl (C=O) groups excluding carboxylic acids is 3. The highest BCUT2D eigenvalue weighted by Crippen LogP contribution is 2.38. The fraction of sp³-hybridized carbons (Fsp3) is 0.190. The Bertz CT molecular complexity index is 977. The van der Waals surface area contributed by atoms with Gasteiger partial charge in [0.1, 0.15) is 0 Å². The fourth-order valence-electron chi connectivity index (χ4n) is 3.11. The summed E-state index contributed by atoms with van der Waals surface area (Å²) in [5, 5.41) is 0. The molecule has 136 valence electrons. The van der Waals surface area contributed by atoms with Crippen LogP contribution in [0.4, 0.5) is 5.95 Å². The molecule has 0 N–H and O–H groups in total. The third-order valence-electron chi connectivity index (χ3n) is 4.31. The molecule has 0 aliphatic heterocycles. The van der Waals surface area contributed by atoms with Gasteiger partial charge in [0.2, 0.25) is 17.8 Å². The van der Waals surface area contributed by atoms with E-state index in [1.54, 1.807) is 6.07 Å². The molecule has 6 nitrogen and oxygen atoms in total. The zero-order valence-corrected chi connectivity index (χ0v) is 15.4. The second-order valence-electron chi connectivity index (χ2n) is 6.28. The Morgan fingerprint density at radius 3 is 2.22 bits per heavy atom. The topological polar surface area (TPSA) is 80.2 Å². The van der Waals surface area contributed by atoms with Gasteiger partial charge < -0.3 is 0 Å². The van der Waals surface area contributed by atoms with Crippen LogP contribution < -0.4 is 4.90 Å². The van der Waals surface area contributed by atoms with Crippen molar-refractivity contribution >= 4 is 34.7 Å². The molecule has 3 rings (SSSR count). The number of Topliss-reactive ketones (excluding diaryl/α,β-unsaturated/α-hetero) is 1. The van der Waals surface area contributed by atoms with Gasteiger partial charge in [-0.2, -0.15) is 0 Å². The van der Waals surface area contributed by atoms with E-state index in [1.807, 2.05) is 36.4 Å². The number of carbonyl (C=O) groups is 3. The average Bonchev–Trinajstić information content (AvgIpc) is 3.08. The van der Waals surface area contributed by atoms with E-state index in [0.29, 0.717) is 17.7 Å². The van der Waals surface area contributed by atoms with E-state index in [0.717, 1.165) is 21.6 Å². The molecule has 1 aromatic heterocycles. The minimum atomic E-state index is -0.451. The van der Waals surface area contributed by atoms with Gasteiger partial charge in [-0.15, -0.1) is 0 Å². The zero-order valence-electron chi connectivity index (χ0n) is 15.4. The summed E-state index contributed by atoms with van der Waals surface area (Å²) in [6.07, 6.45) is 3.86. The van der Waals surface area contributed by atoms with Crippen LogP contribution in [-0.2, 0) is 14.4 Å². The molecule has 0 unspecified atom stereocenters. The van der Waals surface area contributed by atoms with Crippen molar-refractivity contribution in [1.29, 1.82) is 0 Å². The largest absolute Gasteiger partial charge is 0.295 e. The highest BCUT2D eigenvalue weighted by molar-refractivity contribution is 6.12. The second-order valence-corrected chi connectivity index (χ2v) is 6.28. The Balaban J connectivity index is 1.99. The van der Waals surface area contributed by atoms with Gasteiger partial charge in [0.15, 0.2) is 5.78 Å². The lowest BCUT2D eigenvalue weighted by atomic mass is 9.98. The van der Waals surface area contributed by atoms with Crippen LogP contribution in [-0.4, -0.2) is 27.6 Å². The van der Waals surface area contributed by atoms with E-state index in [-0.39, 0.29) is 11.7 Å². The Morgan fingerprint density at radius 1 is 0.963 bits per heavy atom. The number of benzene rings is 1. The van der Waals surface area contributed by atoms with Crippen LogP contribution in [0.2, 0.25) is 0 Å². The number of hydrogen-bond acceptors (Lipinski definition) is 5. The molecule has 0 radical (unpaired) electrons. The number of hydrogen-bond donors (Lipinski definition) is 0. The number of ketones is 1. The maximum Gasteiger partial charge on any atom is 0.239 e. The van der Waals surface area contributed by atoms with E-state index < -0.39 is 11.8 Å². The van der Waals surface area contributed by atoms with E-state index in [2.05, 4.69) is 9.97 Å². The van der Waals surface area contributed by atoms with Gasteiger partial charge in [0.25, 0.3) is 0 Å². The molecule has 0 atom stereocenters. The molecule has 0 spiro atoms. The average molecular weight is 361 g/mol. The van der Waals surface area contributed by atoms with Crippen LogP contribution in [0, 0.1) is 0 Å². The first-order chi connectivity index (χ1) is 12.9. The second kappa shape index (κ2) is 7.45. The summed E-state index contributed by atoms with van der Waals surface area (Å²) in [5.74, 6) is -0.890. The lowest BCUT2D eigenvalue weighted by Crippen LogP contribution is -2.34. The number of allylic oxidation sites excluding steroid dienone is 4. The molecule has 27 heavy (non-hydrogen) atoms. The Kier molecular flexibility index (Phi) is 5.07. The number of aromatic nitrogens is 2. The molecular weight excluding hydrogens is 342 g/mol. The van der Waals surface area contributed by atoms with Crippen molar-refractivity contribution in [1.82, 2.24) is 9.97 Å². The molecule has 1 aromatic carbocycles. The van der Waals surface area contributed by atoms with Gasteiger partial charge in [-0.25, -0.2) is 14.9 Å². The molecular formula is C21H19N3O3. The summed E-state index contributed by atoms with van der Waals surface area (Å²) in [6.45, 7) is 4.11. The van der Waals surface area contributed by atoms with Crippen LogP contribution in [0.25, 0.3) is 11.1 Å². The van der Waals surface area contributed by atoms with Crippen molar-refractivity contribution in [2.75, 3.05) is 4.90 Å². The van der Waals surface area contributed by atoms with Crippen LogP contribution in [0.3, 0.4) is 0 Å². The molecule has 0 fully saturated rings. The third-order valence-corrected chi connectivity index (χ3v) is 4.31. The summed E-state index contributed by atoms with van der Waals surface area (Å²) in [7, 11) is 0. The Morgan fingerprint density at radius 2 is 1.63 bits per heavy atom. The van der Waals surface area contributed by atoms with Crippen LogP contribution >= 0.6 is 0 Å². The van der Waals surface area contributed by atoms with Crippen molar-refractivity contribution in [2.24, 2.45) is 0 Å². The van der Waals surface area contributed by atoms with E-state index in [4.69, 9.17) is 0 Å². The normalized spacial score (nSPS) is 13.4. The van der Waals surface area contributed by atoms with Gasteiger partial charge in [-0.3, -0.25) is 14.4 Å². The number of anilines is 1. The molecule has 2 amide bonds. The number of amides is 2.